The number of hydrogen-bond donors (Lipinski definition) is 1. The fourth-order valence-electron chi connectivity index (χ4n) is 5.56. The number of rotatable bonds is 14. The molecule has 1 saturated heterocycles. The van der Waals surface area contributed by atoms with Crippen molar-refractivity contribution in [1.29, 1.82) is 0 Å². The first-order valence-corrected chi connectivity index (χ1v) is 14.0. The number of ether oxygens (including phenoxy) is 2. The monoisotopic (exact) mass is 529 g/mol. The summed E-state index contributed by atoms with van der Waals surface area (Å²) >= 11 is 0. The maximum absolute atomic E-state index is 11.7. The molecule has 0 saturated carbocycles. The van der Waals surface area contributed by atoms with Crippen molar-refractivity contribution in [1.82, 2.24) is 14.4 Å². The highest BCUT2D eigenvalue weighted by Crippen LogP contribution is 2.29. The van der Waals surface area contributed by atoms with Gasteiger partial charge in [-0.05, 0) is 42.7 Å². The number of carbonyl (C=O) groups excluding carboxylic acids is 1. The molecule has 206 valence electrons. The zero-order valence-corrected chi connectivity index (χ0v) is 22.8. The highest BCUT2D eigenvalue weighted by atomic mass is 16.5. The van der Waals surface area contributed by atoms with E-state index in [1.807, 2.05) is 17.0 Å². The summed E-state index contributed by atoms with van der Waals surface area (Å²) in [7, 11) is 1.71. The lowest BCUT2D eigenvalue weighted by Gasteiger charge is -2.25. The van der Waals surface area contributed by atoms with Gasteiger partial charge in [-0.15, -0.1) is 0 Å². The zero-order valence-electron chi connectivity index (χ0n) is 22.8. The molecule has 3 aromatic carbocycles. The van der Waals surface area contributed by atoms with Crippen molar-refractivity contribution in [3.63, 3.8) is 0 Å². The maximum atomic E-state index is 11.7. The van der Waals surface area contributed by atoms with Gasteiger partial charge in [-0.3, -0.25) is 9.69 Å². The molecule has 1 aliphatic rings. The first-order valence-electron chi connectivity index (χ1n) is 14.0. The minimum atomic E-state index is -0.536. The topological polar surface area (TPSA) is 67.2 Å². The molecule has 1 fully saturated rings. The van der Waals surface area contributed by atoms with Crippen LogP contribution in [0, 0.1) is 0 Å². The van der Waals surface area contributed by atoms with E-state index in [4.69, 9.17) is 9.47 Å². The standard InChI is InChI=1S/C32H39N3O4/c1-38-21-19-33(22-25-13-15-27(16-14-25)39-20-7-18-34-17-6-12-32(34)37)23-26(36)24-35-30-10-4-2-8-28(30)29-9-3-5-11-31(29)35/h2-5,8-11,13-16,26,36H,6-7,12,17-24H2,1H3. The summed E-state index contributed by atoms with van der Waals surface area (Å²) in [6.07, 6.45) is 1.95. The Bertz CT molecular complexity index is 1310. The van der Waals surface area contributed by atoms with Crippen LogP contribution in [0.1, 0.15) is 24.8 Å². The van der Waals surface area contributed by atoms with Gasteiger partial charge in [-0.2, -0.15) is 0 Å². The van der Waals surface area contributed by atoms with Crippen LogP contribution in [0.5, 0.6) is 5.75 Å². The van der Waals surface area contributed by atoms with Crippen molar-refractivity contribution < 1.29 is 19.4 Å². The molecule has 1 unspecified atom stereocenters. The number of carbonyl (C=O) groups is 1. The molecule has 1 amide bonds. The summed E-state index contributed by atoms with van der Waals surface area (Å²) in [5.41, 5.74) is 3.44. The highest BCUT2D eigenvalue weighted by Gasteiger charge is 2.19. The molecule has 39 heavy (non-hydrogen) atoms. The van der Waals surface area contributed by atoms with Gasteiger partial charge in [-0.25, -0.2) is 0 Å². The quantitative estimate of drug-likeness (QED) is 0.240. The number of aromatic nitrogens is 1. The lowest BCUT2D eigenvalue weighted by Crippen LogP contribution is -2.36. The Kier molecular flexibility index (Phi) is 9.14. The third kappa shape index (κ3) is 6.79. The van der Waals surface area contributed by atoms with Crippen LogP contribution >= 0.6 is 0 Å². The molecule has 2 heterocycles. The molecular weight excluding hydrogens is 490 g/mol. The molecule has 4 aromatic rings. The average molecular weight is 530 g/mol. The van der Waals surface area contributed by atoms with Crippen LogP contribution in [0.15, 0.2) is 72.8 Å². The van der Waals surface area contributed by atoms with Crippen LogP contribution in [0.4, 0.5) is 0 Å². The predicted molar refractivity (Wildman–Crippen MR) is 155 cm³/mol. The minimum absolute atomic E-state index is 0.262. The molecule has 1 aliphatic heterocycles. The number of para-hydroxylation sites is 2. The summed E-state index contributed by atoms with van der Waals surface area (Å²) in [5, 5.41) is 13.6. The molecule has 0 aliphatic carbocycles. The number of nitrogens with zero attached hydrogens (tertiary/aromatic N) is 3. The van der Waals surface area contributed by atoms with Gasteiger partial charge in [0.2, 0.25) is 5.91 Å². The predicted octanol–water partition coefficient (Wildman–Crippen LogP) is 4.70. The summed E-state index contributed by atoms with van der Waals surface area (Å²) in [6.45, 7) is 5.34. The zero-order chi connectivity index (χ0) is 27.0. The van der Waals surface area contributed by atoms with Crippen LogP contribution in [0.25, 0.3) is 21.8 Å². The van der Waals surface area contributed by atoms with E-state index in [0.717, 1.165) is 54.8 Å². The Hall–Kier alpha value is -3.39. The van der Waals surface area contributed by atoms with Gasteiger partial charge in [0, 0.05) is 68.1 Å². The van der Waals surface area contributed by atoms with E-state index in [0.29, 0.717) is 39.3 Å². The Morgan fingerprint density at radius 3 is 2.28 bits per heavy atom. The number of fused-ring (bicyclic) bond motifs is 3. The smallest absolute Gasteiger partial charge is 0.222 e. The fraction of sp³-hybridized carbons (Fsp3) is 0.406. The minimum Gasteiger partial charge on any atom is -0.494 e. The highest BCUT2D eigenvalue weighted by molar-refractivity contribution is 6.07. The van der Waals surface area contributed by atoms with E-state index in [2.05, 4.69) is 70.1 Å². The number of benzene rings is 3. The molecule has 0 bridgehead atoms. The lowest BCUT2D eigenvalue weighted by atomic mass is 10.2. The summed E-state index contributed by atoms with van der Waals surface area (Å²) in [5.74, 6) is 1.10. The molecule has 0 radical (unpaired) electrons. The van der Waals surface area contributed by atoms with Crippen molar-refractivity contribution in [2.75, 3.05) is 46.5 Å². The van der Waals surface area contributed by atoms with E-state index in [1.165, 1.54) is 10.8 Å². The number of hydrogen-bond acceptors (Lipinski definition) is 5. The molecule has 7 heteroatoms. The Balaban J connectivity index is 1.17. The molecule has 0 spiro atoms. The molecule has 1 aromatic heterocycles. The fourth-order valence-corrected chi connectivity index (χ4v) is 5.56. The van der Waals surface area contributed by atoms with E-state index in [9.17, 15) is 9.90 Å². The molecular formula is C32H39N3O4. The van der Waals surface area contributed by atoms with Gasteiger partial charge >= 0.3 is 0 Å². The second kappa shape index (κ2) is 13.1. The first kappa shape index (κ1) is 27.2. The van der Waals surface area contributed by atoms with Crippen molar-refractivity contribution in [2.24, 2.45) is 0 Å². The summed E-state index contributed by atoms with van der Waals surface area (Å²) in [6, 6.07) is 24.9. The Labute approximate surface area is 230 Å². The van der Waals surface area contributed by atoms with Gasteiger partial charge < -0.3 is 24.0 Å². The van der Waals surface area contributed by atoms with Crippen molar-refractivity contribution in [2.45, 2.75) is 38.5 Å². The number of methoxy groups -OCH3 is 1. The molecule has 1 N–H and O–H groups in total. The number of aliphatic hydroxyl groups excluding tert-OH is 1. The van der Waals surface area contributed by atoms with Gasteiger partial charge in [0.1, 0.15) is 5.75 Å². The Morgan fingerprint density at radius 2 is 1.64 bits per heavy atom. The summed E-state index contributed by atoms with van der Waals surface area (Å²) < 4.78 is 13.5. The Morgan fingerprint density at radius 1 is 0.949 bits per heavy atom. The van der Waals surface area contributed by atoms with Crippen LogP contribution in [-0.2, 0) is 22.6 Å². The molecule has 1 atom stereocenters. The van der Waals surface area contributed by atoms with E-state index < -0.39 is 6.10 Å². The van der Waals surface area contributed by atoms with Gasteiger partial charge in [0.15, 0.2) is 0 Å². The SMILES string of the molecule is COCCN(Cc1ccc(OCCCN2CCCC2=O)cc1)CC(O)Cn1c2ccccc2c2ccccc21. The van der Waals surface area contributed by atoms with Gasteiger partial charge in [0.05, 0.1) is 25.9 Å². The van der Waals surface area contributed by atoms with Gasteiger partial charge in [-0.1, -0.05) is 48.5 Å². The van der Waals surface area contributed by atoms with Crippen LogP contribution in [0.2, 0.25) is 0 Å². The summed E-state index contributed by atoms with van der Waals surface area (Å²) in [4.78, 5) is 15.9. The first-order chi connectivity index (χ1) is 19.1. The average Bonchev–Trinajstić information content (AvgIpc) is 3.51. The number of aliphatic hydroxyl groups is 1. The van der Waals surface area contributed by atoms with E-state index in [-0.39, 0.29) is 5.91 Å². The normalized spacial score (nSPS) is 14.6. The van der Waals surface area contributed by atoms with Crippen LogP contribution < -0.4 is 4.74 Å². The third-order valence-electron chi connectivity index (χ3n) is 7.50. The van der Waals surface area contributed by atoms with Crippen molar-refractivity contribution in [3.05, 3.63) is 78.4 Å². The molecule has 5 rings (SSSR count). The van der Waals surface area contributed by atoms with Crippen molar-refractivity contribution in [3.8, 4) is 5.75 Å². The van der Waals surface area contributed by atoms with Crippen molar-refractivity contribution >= 4 is 27.7 Å². The van der Waals surface area contributed by atoms with E-state index in [1.54, 1.807) is 7.11 Å². The lowest BCUT2D eigenvalue weighted by molar-refractivity contribution is -0.127. The van der Waals surface area contributed by atoms with Crippen LogP contribution in [0.3, 0.4) is 0 Å². The second-order valence-corrected chi connectivity index (χ2v) is 10.4. The largest absolute Gasteiger partial charge is 0.494 e. The third-order valence-corrected chi connectivity index (χ3v) is 7.50. The second-order valence-electron chi connectivity index (χ2n) is 10.4. The van der Waals surface area contributed by atoms with E-state index >= 15 is 0 Å². The maximum Gasteiger partial charge on any atom is 0.222 e. The van der Waals surface area contributed by atoms with Crippen LogP contribution in [-0.4, -0.2) is 78.0 Å². The number of likely N-dealkylation sites (tertiary alicyclic amines) is 1. The molecule has 7 nitrogen and oxygen atoms in total. The number of amides is 1. The van der Waals surface area contributed by atoms with Gasteiger partial charge in [0.25, 0.3) is 0 Å².